The lowest BCUT2D eigenvalue weighted by molar-refractivity contribution is -0.383. The van der Waals surface area contributed by atoms with Gasteiger partial charge in [-0.2, -0.15) is 0 Å². The van der Waals surface area contributed by atoms with E-state index < -0.39 is 4.92 Å². The Morgan fingerprint density at radius 1 is 1.42 bits per heavy atom. The van der Waals surface area contributed by atoms with Crippen LogP contribution in [-0.2, 0) is 0 Å². The number of methoxy groups -OCH3 is 2. The van der Waals surface area contributed by atoms with Gasteiger partial charge < -0.3 is 14.8 Å². The molecule has 8 heteroatoms. The van der Waals surface area contributed by atoms with Crippen LogP contribution >= 0.6 is 11.3 Å². The van der Waals surface area contributed by atoms with Gasteiger partial charge in [0.2, 0.25) is 5.75 Å². The van der Waals surface area contributed by atoms with Crippen molar-refractivity contribution >= 4 is 32.4 Å². The summed E-state index contributed by atoms with van der Waals surface area (Å²) in [5.41, 5.74) is 0.385. The number of nitro groups is 1. The predicted molar refractivity (Wildman–Crippen MR) is 73.5 cm³/mol. The highest BCUT2D eigenvalue weighted by Gasteiger charge is 2.26. The van der Waals surface area contributed by atoms with E-state index >= 15 is 0 Å². The molecule has 0 saturated carbocycles. The molecule has 0 atom stereocenters. The zero-order valence-corrected chi connectivity index (χ0v) is 11.5. The van der Waals surface area contributed by atoms with Gasteiger partial charge in [-0.05, 0) is 6.92 Å². The Hall–Kier alpha value is -2.09. The summed E-state index contributed by atoms with van der Waals surface area (Å²) in [4.78, 5) is 15.1. The highest BCUT2D eigenvalue weighted by atomic mass is 32.1. The smallest absolute Gasteiger partial charge is 0.330 e. The Kier molecular flexibility index (Phi) is 3.70. The monoisotopic (exact) mass is 283 g/mol. The number of hydrogen-bond donors (Lipinski definition) is 1. The van der Waals surface area contributed by atoms with Gasteiger partial charge in [0.05, 0.1) is 19.1 Å². The van der Waals surface area contributed by atoms with E-state index in [2.05, 4.69) is 10.3 Å². The summed E-state index contributed by atoms with van der Waals surface area (Å²) in [5, 5.41) is 14.9. The van der Waals surface area contributed by atoms with Gasteiger partial charge in [-0.1, -0.05) is 11.3 Å². The molecule has 0 spiro atoms. The van der Waals surface area contributed by atoms with E-state index in [9.17, 15) is 10.1 Å². The number of nitrogens with zero attached hydrogens (tertiary/aromatic N) is 2. The topological polar surface area (TPSA) is 86.5 Å². The van der Waals surface area contributed by atoms with Crippen LogP contribution in [0.15, 0.2) is 6.07 Å². The van der Waals surface area contributed by atoms with Crippen molar-refractivity contribution in [2.24, 2.45) is 0 Å². The minimum absolute atomic E-state index is 0.0834. The summed E-state index contributed by atoms with van der Waals surface area (Å²) in [6.45, 7) is 2.62. The minimum atomic E-state index is -0.464. The van der Waals surface area contributed by atoms with Gasteiger partial charge in [0.25, 0.3) is 0 Å². The zero-order chi connectivity index (χ0) is 14.0. The number of fused-ring (bicyclic) bond motifs is 1. The molecule has 1 heterocycles. The molecule has 0 amide bonds. The first-order valence-electron chi connectivity index (χ1n) is 5.56. The van der Waals surface area contributed by atoms with E-state index in [1.54, 1.807) is 0 Å². The molecule has 0 unspecified atom stereocenters. The molecule has 1 aromatic heterocycles. The van der Waals surface area contributed by atoms with Crippen LogP contribution in [0.1, 0.15) is 6.92 Å². The van der Waals surface area contributed by atoms with Crippen molar-refractivity contribution in [2.75, 3.05) is 26.1 Å². The third-order valence-electron chi connectivity index (χ3n) is 2.52. The molecular formula is C11H13N3O4S. The first-order valence-corrected chi connectivity index (χ1v) is 6.37. The average Bonchev–Trinajstić information content (AvgIpc) is 2.79. The minimum Gasteiger partial charge on any atom is -0.494 e. The van der Waals surface area contributed by atoms with E-state index in [0.29, 0.717) is 27.6 Å². The van der Waals surface area contributed by atoms with E-state index in [0.717, 1.165) is 0 Å². The number of ether oxygens (including phenoxy) is 2. The maximum Gasteiger partial charge on any atom is 0.330 e. The number of nitrogens with one attached hydrogen (secondary N) is 1. The molecule has 2 aromatic rings. The first-order chi connectivity index (χ1) is 9.12. The number of benzene rings is 1. The summed E-state index contributed by atoms with van der Waals surface area (Å²) in [7, 11) is 2.88. The average molecular weight is 283 g/mol. The molecule has 19 heavy (non-hydrogen) atoms. The van der Waals surface area contributed by atoms with Crippen LogP contribution in [0.3, 0.4) is 0 Å². The number of aromatic nitrogens is 1. The second-order valence-corrected chi connectivity index (χ2v) is 4.61. The third-order valence-corrected chi connectivity index (χ3v) is 3.54. The molecule has 0 fully saturated rings. The lowest BCUT2D eigenvalue weighted by atomic mass is 10.2. The van der Waals surface area contributed by atoms with Gasteiger partial charge in [-0.3, -0.25) is 10.1 Å². The van der Waals surface area contributed by atoms with Crippen LogP contribution in [0.25, 0.3) is 10.2 Å². The largest absolute Gasteiger partial charge is 0.494 e. The van der Waals surface area contributed by atoms with Gasteiger partial charge in [0, 0.05) is 12.6 Å². The maximum absolute atomic E-state index is 11.2. The summed E-state index contributed by atoms with van der Waals surface area (Å²) < 4.78 is 10.7. The Balaban J connectivity index is 2.78. The third kappa shape index (κ3) is 2.26. The van der Waals surface area contributed by atoms with Crippen LogP contribution in [0, 0.1) is 10.1 Å². The fourth-order valence-corrected chi connectivity index (χ4v) is 2.79. The fourth-order valence-electron chi connectivity index (χ4n) is 1.73. The molecule has 1 N–H and O–H groups in total. The van der Waals surface area contributed by atoms with Crippen molar-refractivity contribution in [3.63, 3.8) is 0 Å². The highest BCUT2D eigenvalue weighted by molar-refractivity contribution is 7.22. The van der Waals surface area contributed by atoms with Crippen molar-refractivity contribution < 1.29 is 14.4 Å². The van der Waals surface area contributed by atoms with Crippen LogP contribution in [0.2, 0.25) is 0 Å². The van der Waals surface area contributed by atoms with Crippen molar-refractivity contribution in [2.45, 2.75) is 6.92 Å². The Morgan fingerprint density at radius 2 is 2.11 bits per heavy atom. The van der Waals surface area contributed by atoms with Crippen molar-refractivity contribution in [1.82, 2.24) is 4.98 Å². The number of rotatable bonds is 5. The standard InChI is InChI=1S/C11H13N3O4S/c1-4-12-11-13-8-6(17-2)5-7(18-3)9(14(15)16)10(8)19-11/h5H,4H2,1-3H3,(H,12,13). The highest BCUT2D eigenvalue weighted by Crippen LogP contribution is 2.44. The van der Waals surface area contributed by atoms with E-state index in [4.69, 9.17) is 9.47 Å². The predicted octanol–water partition coefficient (Wildman–Crippen LogP) is 2.65. The second kappa shape index (κ2) is 5.27. The van der Waals surface area contributed by atoms with Crippen LogP contribution in [-0.4, -0.2) is 30.7 Å². The summed E-state index contributed by atoms with van der Waals surface area (Å²) in [6.07, 6.45) is 0. The Morgan fingerprint density at radius 3 is 2.63 bits per heavy atom. The molecule has 0 aliphatic carbocycles. The number of hydrogen-bond acceptors (Lipinski definition) is 7. The van der Waals surface area contributed by atoms with Gasteiger partial charge >= 0.3 is 5.69 Å². The van der Waals surface area contributed by atoms with E-state index in [1.807, 2.05) is 6.92 Å². The second-order valence-electron chi connectivity index (χ2n) is 3.61. The first kappa shape index (κ1) is 13.3. The quantitative estimate of drug-likeness (QED) is 0.670. The molecule has 7 nitrogen and oxygen atoms in total. The van der Waals surface area contributed by atoms with Gasteiger partial charge in [-0.15, -0.1) is 0 Å². The van der Waals surface area contributed by atoms with E-state index in [-0.39, 0.29) is 11.4 Å². The van der Waals surface area contributed by atoms with Crippen molar-refractivity contribution in [1.29, 1.82) is 0 Å². The maximum atomic E-state index is 11.2. The van der Waals surface area contributed by atoms with Crippen molar-refractivity contribution in [3.05, 3.63) is 16.2 Å². The van der Waals surface area contributed by atoms with Gasteiger partial charge in [0.15, 0.2) is 5.13 Å². The summed E-state index contributed by atoms with van der Waals surface area (Å²) >= 11 is 1.21. The van der Waals surface area contributed by atoms with Crippen molar-refractivity contribution in [3.8, 4) is 11.5 Å². The molecule has 0 saturated heterocycles. The number of anilines is 1. The summed E-state index contributed by atoms with van der Waals surface area (Å²) in [5.74, 6) is 0.624. The lowest BCUT2D eigenvalue weighted by Gasteiger charge is -2.05. The SMILES string of the molecule is CCNc1nc2c(OC)cc(OC)c([N+](=O)[O-])c2s1. The van der Waals surface area contributed by atoms with E-state index in [1.165, 1.54) is 31.6 Å². The Labute approximate surface area is 113 Å². The number of nitro benzene ring substituents is 1. The number of thiazole rings is 1. The molecule has 0 aliphatic rings. The van der Waals surface area contributed by atoms with Crippen LogP contribution in [0.5, 0.6) is 11.5 Å². The molecule has 0 aliphatic heterocycles. The van der Waals surface area contributed by atoms with Crippen LogP contribution in [0.4, 0.5) is 10.8 Å². The van der Waals surface area contributed by atoms with Crippen LogP contribution < -0.4 is 14.8 Å². The molecule has 1 aromatic carbocycles. The molecule has 0 radical (unpaired) electrons. The summed E-state index contributed by atoms with van der Waals surface area (Å²) in [6, 6.07) is 1.48. The van der Waals surface area contributed by atoms with Gasteiger partial charge in [-0.25, -0.2) is 4.98 Å². The lowest BCUT2D eigenvalue weighted by Crippen LogP contribution is -1.96. The molecular weight excluding hydrogens is 270 g/mol. The molecule has 0 bridgehead atoms. The molecule has 102 valence electrons. The zero-order valence-electron chi connectivity index (χ0n) is 10.7. The normalized spacial score (nSPS) is 10.5. The fraction of sp³-hybridized carbons (Fsp3) is 0.364. The van der Waals surface area contributed by atoms with Gasteiger partial charge in [0.1, 0.15) is 16.0 Å². The Bertz CT molecular complexity index is 626. The molecule has 2 rings (SSSR count).